The fraction of sp³-hybridized carbons (Fsp3) is 0.357. The van der Waals surface area contributed by atoms with Gasteiger partial charge in [0.15, 0.2) is 0 Å². The fourth-order valence-corrected chi connectivity index (χ4v) is 2.04. The van der Waals surface area contributed by atoms with Crippen molar-refractivity contribution < 1.29 is 18.8 Å². The lowest BCUT2D eigenvalue weighted by Crippen LogP contribution is -2.37. The lowest BCUT2D eigenvalue weighted by atomic mass is 10.1. The van der Waals surface area contributed by atoms with Crippen molar-refractivity contribution in [3.05, 3.63) is 35.1 Å². The second-order valence-electron chi connectivity index (χ2n) is 4.66. The van der Waals surface area contributed by atoms with Gasteiger partial charge in [-0.05, 0) is 30.7 Å². The summed E-state index contributed by atoms with van der Waals surface area (Å²) in [5, 5.41) is 2.61. The summed E-state index contributed by atoms with van der Waals surface area (Å²) in [5.41, 5.74) is 0.741. The van der Waals surface area contributed by atoms with Gasteiger partial charge < -0.3 is 5.32 Å². The number of rotatable bonds is 4. The van der Waals surface area contributed by atoms with Crippen molar-refractivity contribution in [2.45, 2.75) is 19.8 Å². The van der Waals surface area contributed by atoms with E-state index in [1.165, 1.54) is 18.2 Å². The normalized spacial score (nSPS) is 14.8. The second kappa shape index (κ2) is 5.81. The lowest BCUT2D eigenvalue weighted by molar-refractivity contribution is -0.138. The average Bonchev–Trinajstić information content (AvgIpc) is 2.73. The second-order valence-corrected chi connectivity index (χ2v) is 4.66. The number of nitrogens with zero attached hydrogens (tertiary/aromatic N) is 1. The van der Waals surface area contributed by atoms with Crippen molar-refractivity contribution in [2.75, 3.05) is 13.1 Å². The predicted molar refractivity (Wildman–Crippen MR) is 69.4 cm³/mol. The average molecular weight is 278 g/mol. The van der Waals surface area contributed by atoms with Gasteiger partial charge in [-0.15, -0.1) is 0 Å². The number of halogens is 1. The van der Waals surface area contributed by atoms with Crippen LogP contribution < -0.4 is 5.32 Å². The zero-order valence-corrected chi connectivity index (χ0v) is 11.1. The van der Waals surface area contributed by atoms with Gasteiger partial charge >= 0.3 is 0 Å². The third-order valence-electron chi connectivity index (χ3n) is 3.20. The van der Waals surface area contributed by atoms with E-state index in [0.717, 1.165) is 4.90 Å². The van der Waals surface area contributed by atoms with E-state index >= 15 is 0 Å². The molecule has 1 aromatic carbocycles. The highest BCUT2D eigenvalue weighted by molar-refractivity contribution is 6.02. The van der Waals surface area contributed by atoms with Gasteiger partial charge in [-0.2, -0.15) is 0 Å². The molecule has 6 heteroatoms. The molecule has 1 aliphatic rings. The Morgan fingerprint density at radius 1 is 1.30 bits per heavy atom. The molecule has 0 radical (unpaired) electrons. The van der Waals surface area contributed by atoms with E-state index in [9.17, 15) is 18.8 Å². The number of hydrogen-bond donors (Lipinski definition) is 1. The van der Waals surface area contributed by atoms with E-state index < -0.39 is 0 Å². The molecule has 0 aliphatic carbocycles. The topological polar surface area (TPSA) is 66.5 Å². The Balaban J connectivity index is 1.87. The van der Waals surface area contributed by atoms with Crippen LogP contribution in [0, 0.1) is 12.7 Å². The third-order valence-corrected chi connectivity index (χ3v) is 3.20. The van der Waals surface area contributed by atoms with Crippen molar-refractivity contribution in [1.29, 1.82) is 0 Å². The molecular weight excluding hydrogens is 263 g/mol. The van der Waals surface area contributed by atoms with Crippen LogP contribution in [-0.2, 0) is 9.59 Å². The molecule has 1 aromatic rings. The van der Waals surface area contributed by atoms with Crippen LogP contribution in [0.5, 0.6) is 0 Å². The minimum atomic E-state index is -0.366. The summed E-state index contributed by atoms with van der Waals surface area (Å²) < 4.78 is 13.1. The van der Waals surface area contributed by atoms with E-state index in [4.69, 9.17) is 0 Å². The molecule has 0 bridgehead atoms. The summed E-state index contributed by atoms with van der Waals surface area (Å²) in [6.45, 7) is 1.93. The van der Waals surface area contributed by atoms with Crippen molar-refractivity contribution in [2.24, 2.45) is 0 Å². The number of hydrogen-bond acceptors (Lipinski definition) is 3. The maximum atomic E-state index is 13.1. The van der Waals surface area contributed by atoms with Gasteiger partial charge in [0.2, 0.25) is 11.8 Å². The summed E-state index contributed by atoms with van der Waals surface area (Å²) in [7, 11) is 0. The van der Waals surface area contributed by atoms with E-state index in [1.54, 1.807) is 6.92 Å². The van der Waals surface area contributed by atoms with Crippen molar-refractivity contribution in [1.82, 2.24) is 10.2 Å². The molecule has 0 unspecified atom stereocenters. The van der Waals surface area contributed by atoms with Gasteiger partial charge in [-0.25, -0.2) is 4.39 Å². The van der Waals surface area contributed by atoms with Gasteiger partial charge in [0.25, 0.3) is 5.91 Å². The molecule has 5 nitrogen and oxygen atoms in total. The van der Waals surface area contributed by atoms with Gasteiger partial charge in [0.1, 0.15) is 5.82 Å². The number of nitrogens with one attached hydrogen (secondary N) is 1. The largest absolute Gasteiger partial charge is 0.350 e. The molecule has 1 saturated heterocycles. The first-order chi connectivity index (χ1) is 9.49. The molecule has 0 saturated carbocycles. The quantitative estimate of drug-likeness (QED) is 0.836. The molecule has 2 rings (SSSR count). The summed E-state index contributed by atoms with van der Waals surface area (Å²) in [6.07, 6.45) is 0.480. The maximum Gasteiger partial charge on any atom is 0.251 e. The van der Waals surface area contributed by atoms with Crippen LogP contribution in [0.2, 0.25) is 0 Å². The minimum Gasteiger partial charge on any atom is -0.350 e. The molecule has 1 N–H and O–H groups in total. The van der Waals surface area contributed by atoms with Crippen LogP contribution in [-0.4, -0.2) is 35.7 Å². The molecule has 3 amide bonds. The summed E-state index contributed by atoms with van der Waals surface area (Å²) in [6, 6.07) is 4.08. The lowest BCUT2D eigenvalue weighted by Gasteiger charge is -2.14. The van der Waals surface area contributed by atoms with Crippen molar-refractivity contribution in [3.63, 3.8) is 0 Å². The number of amides is 3. The van der Waals surface area contributed by atoms with Gasteiger partial charge in [0.05, 0.1) is 0 Å². The maximum absolute atomic E-state index is 13.1. The van der Waals surface area contributed by atoms with Crippen molar-refractivity contribution >= 4 is 17.7 Å². The molecule has 20 heavy (non-hydrogen) atoms. The molecular formula is C14H15FN2O3. The number of aryl methyl sites for hydroxylation is 1. The van der Waals surface area contributed by atoms with E-state index in [2.05, 4.69) is 5.32 Å². The van der Waals surface area contributed by atoms with Crippen LogP contribution >= 0.6 is 0 Å². The number of benzene rings is 1. The summed E-state index contributed by atoms with van der Waals surface area (Å²) >= 11 is 0. The van der Waals surface area contributed by atoms with Gasteiger partial charge in [-0.1, -0.05) is 0 Å². The minimum absolute atomic E-state index is 0.170. The Bertz CT molecular complexity index is 556. The monoisotopic (exact) mass is 278 g/mol. The van der Waals surface area contributed by atoms with Crippen LogP contribution in [0.15, 0.2) is 18.2 Å². The summed E-state index contributed by atoms with van der Waals surface area (Å²) in [4.78, 5) is 35.7. The zero-order chi connectivity index (χ0) is 14.7. The molecule has 1 heterocycles. The summed E-state index contributed by atoms with van der Waals surface area (Å²) in [5.74, 6) is -1.13. The Hall–Kier alpha value is -2.24. The number of carbonyl (C=O) groups is 3. The fourth-order valence-electron chi connectivity index (χ4n) is 2.04. The third kappa shape index (κ3) is 3.01. The standard InChI is InChI=1S/C14H15FN2O3/c1-9-8-10(2-3-11(9)15)14(20)16-6-7-17-12(18)4-5-13(17)19/h2-3,8H,4-7H2,1H3,(H,16,20). The Kier molecular flexibility index (Phi) is 4.12. The number of carbonyl (C=O) groups excluding carboxylic acids is 3. The van der Waals surface area contributed by atoms with Crippen LogP contribution in [0.1, 0.15) is 28.8 Å². The van der Waals surface area contributed by atoms with Crippen LogP contribution in [0.3, 0.4) is 0 Å². The highest BCUT2D eigenvalue weighted by Crippen LogP contribution is 2.11. The van der Waals surface area contributed by atoms with Crippen LogP contribution in [0.4, 0.5) is 4.39 Å². The molecule has 0 atom stereocenters. The van der Waals surface area contributed by atoms with Crippen molar-refractivity contribution in [3.8, 4) is 0 Å². The molecule has 1 aliphatic heterocycles. The zero-order valence-electron chi connectivity index (χ0n) is 11.1. The highest BCUT2D eigenvalue weighted by atomic mass is 19.1. The van der Waals surface area contributed by atoms with Gasteiger partial charge in [-0.3, -0.25) is 19.3 Å². The van der Waals surface area contributed by atoms with E-state index in [1.807, 2.05) is 0 Å². The van der Waals surface area contributed by atoms with E-state index in [-0.39, 0.29) is 49.5 Å². The molecule has 106 valence electrons. The Labute approximate surface area is 115 Å². The van der Waals surface area contributed by atoms with E-state index in [0.29, 0.717) is 11.1 Å². The van der Waals surface area contributed by atoms with Crippen LogP contribution in [0.25, 0.3) is 0 Å². The first kappa shape index (κ1) is 14.2. The first-order valence-corrected chi connectivity index (χ1v) is 6.36. The number of likely N-dealkylation sites (tertiary alicyclic amines) is 1. The highest BCUT2D eigenvalue weighted by Gasteiger charge is 2.28. The SMILES string of the molecule is Cc1cc(C(=O)NCCN2C(=O)CCC2=O)ccc1F. The smallest absolute Gasteiger partial charge is 0.251 e. The first-order valence-electron chi connectivity index (χ1n) is 6.36. The van der Waals surface area contributed by atoms with Gasteiger partial charge in [0, 0.05) is 31.5 Å². The predicted octanol–water partition coefficient (Wildman–Crippen LogP) is 1.01. The Morgan fingerprint density at radius 2 is 1.95 bits per heavy atom. The number of imide groups is 1. The molecule has 1 fully saturated rings. The molecule has 0 spiro atoms. The molecule has 0 aromatic heterocycles. The Morgan fingerprint density at radius 3 is 2.55 bits per heavy atom.